The van der Waals surface area contributed by atoms with Crippen LogP contribution in [0.25, 0.3) is 22.4 Å². The van der Waals surface area contributed by atoms with E-state index in [0.29, 0.717) is 0 Å². The van der Waals surface area contributed by atoms with Crippen molar-refractivity contribution in [1.29, 1.82) is 0 Å². The quantitative estimate of drug-likeness (QED) is 0.532. The second-order valence-corrected chi connectivity index (χ2v) is 7.63. The summed E-state index contributed by atoms with van der Waals surface area (Å²) >= 11 is 3.50. The van der Waals surface area contributed by atoms with Crippen molar-refractivity contribution in [3.8, 4) is 11.5 Å². The molecule has 26 heavy (non-hydrogen) atoms. The van der Waals surface area contributed by atoms with Gasteiger partial charge in [0.15, 0.2) is 5.82 Å². The van der Waals surface area contributed by atoms with Crippen LogP contribution in [0.3, 0.4) is 0 Å². The van der Waals surface area contributed by atoms with E-state index in [4.69, 9.17) is 4.98 Å². The van der Waals surface area contributed by atoms with E-state index in [2.05, 4.69) is 72.4 Å². The van der Waals surface area contributed by atoms with Gasteiger partial charge in [-0.3, -0.25) is 10.00 Å². The van der Waals surface area contributed by atoms with Crippen molar-refractivity contribution >= 4 is 26.8 Å². The zero-order valence-corrected chi connectivity index (χ0v) is 15.8. The summed E-state index contributed by atoms with van der Waals surface area (Å²) in [7, 11) is 0. The molecule has 2 N–H and O–H groups in total. The summed E-state index contributed by atoms with van der Waals surface area (Å²) in [4.78, 5) is 10.8. The number of aromatic amines is 2. The Kier molecular flexibility index (Phi) is 3.87. The van der Waals surface area contributed by atoms with Crippen LogP contribution in [-0.4, -0.2) is 31.6 Å². The van der Waals surface area contributed by atoms with E-state index in [1.807, 2.05) is 12.1 Å². The standard InChI is InChI=1S/C20H18BrN5/c21-14-6-7-15-17(10-14)24-25-19(15)20-22-16-8-9-26(12-18(16)23-20)11-13-4-2-1-3-5-13/h1-7,10H,8-9,11-12H2,(H,22,23)(H,24,25). The van der Waals surface area contributed by atoms with Crippen LogP contribution >= 0.6 is 15.9 Å². The maximum atomic E-state index is 4.87. The monoisotopic (exact) mass is 407 g/mol. The molecule has 130 valence electrons. The van der Waals surface area contributed by atoms with Gasteiger partial charge in [0.25, 0.3) is 0 Å². The van der Waals surface area contributed by atoms with Gasteiger partial charge in [0.1, 0.15) is 5.69 Å². The van der Waals surface area contributed by atoms with Crippen LogP contribution in [0.1, 0.15) is 17.0 Å². The molecule has 6 heteroatoms. The van der Waals surface area contributed by atoms with E-state index >= 15 is 0 Å². The van der Waals surface area contributed by atoms with Gasteiger partial charge in [-0.1, -0.05) is 46.3 Å². The third kappa shape index (κ3) is 2.85. The molecule has 0 bridgehead atoms. The van der Waals surface area contributed by atoms with Gasteiger partial charge in [0.2, 0.25) is 0 Å². The molecule has 0 saturated carbocycles. The highest BCUT2D eigenvalue weighted by molar-refractivity contribution is 9.10. The first-order valence-electron chi connectivity index (χ1n) is 8.74. The van der Waals surface area contributed by atoms with E-state index in [1.165, 1.54) is 11.3 Å². The summed E-state index contributed by atoms with van der Waals surface area (Å²) in [6, 6.07) is 16.8. The molecule has 2 aromatic heterocycles. The lowest BCUT2D eigenvalue weighted by Crippen LogP contribution is -2.30. The van der Waals surface area contributed by atoms with Crippen molar-refractivity contribution in [2.45, 2.75) is 19.5 Å². The smallest absolute Gasteiger partial charge is 0.159 e. The molecule has 1 aliphatic rings. The molecule has 0 aliphatic carbocycles. The first-order valence-corrected chi connectivity index (χ1v) is 9.53. The van der Waals surface area contributed by atoms with E-state index in [9.17, 15) is 0 Å². The Bertz CT molecular complexity index is 1070. The Hall–Kier alpha value is -2.44. The summed E-state index contributed by atoms with van der Waals surface area (Å²) in [5.41, 5.74) is 5.61. The molecule has 1 aliphatic heterocycles. The van der Waals surface area contributed by atoms with E-state index < -0.39 is 0 Å². The van der Waals surface area contributed by atoms with Crippen LogP contribution < -0.4 is 0 Å². The van der Waals surface area contributed by atoms with E-state index in [0.717, 1.165) is 58.6 Å². The first kappa shape index (κ1) is 15.8. The SMILES string of the molecule is Brc1ccc2c(-c3nc4c([nH]3)CCN(Cc3ccccc3)C4)n[nH]c2c1. The number of rotatable bonds is 3. The van der Waals surface area contributed by atoms with E-state index in [-0.39, 0.29) is 0 Å². The van der Waals surface area contributed by atoms with Gasteiger partial charge < -0.3 is 4.98 Å². The fourth-order valence-corrected chi connectivity index (χ4v) is 3.97. The highest BCUT2D eigenvalue weighted by Crippen LogP contribution is 2.29. The number of fused-ring (bicyclic) bond motifs is 2. The minimum atomic E-state index is 0.852. The van der Waals surface area contributed by atoms with Crippen LogP contribution in [0.5, 0.6) is 0 Å². The molecule has 0 unspecified atom stereocenters. The minimum absolute atomic E-state index is 0.852. The van der Waals surface area contributed by atoms with Crippen LogP contribution in [0.15, 0.2) is 53.0 Å². The number of hydrogen-bond donors (Lipinski definition) is 2. The van der Waals surface area contributed by atoms with Crippen molar-refractivity contribution < 1.29 is 0 Å². The molecule has 0 radical (unpaired) electrons. The molecule has 5 nitrogen and oxygen atoms in total. The molecular weight excluding hydrogens is 390 g/mol. The molecule has 3 heterocycles. The van der Waals surface area contributed by atoms with Gasteiger partial charge in [-0.15, -0.1) is 0 Å². The maximum absolute atomic E-state index is 4.87. The van der Waals surface area contributed by atoms with Crippen molar-refractivity contribution in [3.63, 3.8) is 0 Å². The molecule has 0 saturated heterocycles. The van der Waals surface area contributed by atoms with Crippen molar-refractivity contribution in [2.24, 2.45) is 0 Å². The number of H-pyrrole nitrogens is 2. The van der Waals surface area contributed by atoms with Crippen LogP contribution in [0.4, 0.5) is 0 Å². The lowest BCUT2D eigenvalue weighted by Gasteiger charge is -2.25. The second kappa shape index (κ2) is 6.37. The van der Waals surface area contributed by atoms with Crippen LogP contribution in [0, 0.1) is 0 Å². The highest BCUT2D eigenvalue weighted by Gasteiger charge is 2.22. The Balaban J connectivity index is 1.42. The predicted molar refractivity (Wildman–Crippen MR) is 106 cm³/mol. The first-order chi connectivity index (χ1) is 12.8. The van der Waals surface area contributed by atoms with Gasteiger partial charge in [-0.05, 0) is 23.8 Å². The third-order valence-electron chi connectivity index (χ3n) is 4.91. The Morgan fingerprint density at radius 2 is 2.00 bits per heavy atom. The normalized spacial score (nSPS) is 14.7. The Morgan fingerprint density at radius 3 is 2.88 bits per heavy atom. The minimum Gasteiger partial charge on any atom is -0.340 e. The van der Waals surface area contributed by atoms with Crippen molar-refractivity contribution in [2.75, 3.05) is 6.54 Å². The summed E-state index contributed by atoms with van der Waals surface area (Å²) in [5.74, 6) is 0.852. The number of halogens is 1. The Labute approximate surface area is 159 Å². The largest absolute Gasteiger partial charge is 0.340 e. The zero-order chi connectivity index (χ0) is 17.5. The second-order valence-electron chi connectivity index (χ2n) is 6.72. The third-order valence-corrected chi connectivity index (χ3v) is 5.41. The number of imidazole rings is 1. The van der Waals surface area contributed by atoms with E-state index in [1.54, 1.807) is 0 Å². The maximum Gasteiger partial charge on any atom is 0.159 e. The summed E-state index contributed by atoms with van der Waals surface area (Å²) < 4.78 is 1.04. The number of aromatic nitrogens is 4. The van der Waals surface area contributed by atoms with Crippen molar-refractivity contribution in [3.05, 3.63) is 70.0 Å². The van der Waals surface area contributed by atoms with Crippen LogP contribution in [-0.2, 0) is 19.5 Å². The number of benzene rings is 2. The number of nitrogens with one attached hydrogen (secondary N) is 2. The van der Waals surface area contributed by atoms with Gasteiger partial charge in [-0.2, -0.15) is 5.10 Å². The Morgan fingerprint density at radius 1 is 1.12 bits per heavy atom. The molecule has 5 rings (SSSR count). The van der Waals surface area contributed by atoms with Gasteiger partial charge in [-0.25, -0.2) is 4.98 Å². The average Bonchev–Trinajstić information content (AvgIpc) is 3.25. The molecule has 2 aromatic carbocycles. The molecular formula is C20H18BrN5. The highest BCUT2D eigenvalue weighted by atomic mass is 79.9. The van der Waals surface area contributed by atoms with Gasteiger partial charge in [0, 0.05) is 41.6 Å². The molecule has 4 aromatic rings. The fourth-order valence-electron chi connectivity index (χ4n) is 3.60. The molecule has 0 atom stereocenters. The lowest BCUT2D eigenvalue weighted by atomic mass is 10.1. The van der Waals surface area contributed by atoms with Crippen molar-refractivity contribution in [1.82, 2.24) is 25.1 Å². The predicted octanol–water partition coefficient (Wildman–Crippen LogP) is 4.27. The zero-order valence-electron chi connectivity index (χ0n) is 14.2. The number of nitrogens with zero attached hydrogens (tertiary/aromatic N) is 3. The summed E-state index contributed by atoms with van der Waals surface area (Å²) in [6.07, 6.45) is 0.989. The topological polar surface area (TPSA) is 60.6 Å². The lowest BCUT2D eigenvalue weighted by molar-refractivity contribution is 0.241. The fraction of sp³-hybridized carbons (Fsp3) is 0.200. The van der Waals surface area contributed by atoms with Gasteiger partial charge >= 0.3 is 0 Å². The number of hydrogen-bond acceptors (Lipinski definition) is 3. The molecule has 0 amide bonds. The average molecular weight is 408 g/mol. The summed E-state index contributed by atoms with van der Waals surface area (Å²) in [5, 5.41) is 8.67. The van der Waals surface area contributed by atoms with Crippen LogP contribution in [0.2, 0.25) is 0 Å². The molecule has 0 spiro atoms. The summed E-state index contributed by atoms with van der Waals surface area (Å²) in [6.45, 7) is 2.87. The molecule has 0 fully saturated rings. The van der Waals surface area contributed by atoms with Gasteiger partial charge in [0.05, 0.1) is 11.2 Å².